The largest absolute Gasteiger partial charge is 0.497 e. The lowest BCUT2D eigenvalue weighted by Crippen LogP contribution is -2.29. The minimum Gasteiger partial charge on any atom is -0.497 e. The standard InChI is InChI=1S/C24H28N2O2/c1-25(2)21-12-6-18(7-13-21)24(27,20-10-16-23(28-5)17-11-20)19-8-14-22(15-9-19)26(3)4/h6-17,27H,1-5H3. The normalized spacial score (nSPS) is 11.2. The second-order valence-corrected chi connectivity index (χ2v) is 7.32. The van der Waals surface area contributed by atoms with Gasteiger partial charge in [-0.1, -0.05) is 36.4 Å². The summed E-state index contributed by atoms with van der Waals surface area (Å²) in [6.07, 6.45) is 0. The summed E-state index contributed by atoms with van der Waals surface area (Å²) in [7, 11) is 9.66. The number of ether oxygens (including phenoxy) is 1. The van der Waals surface area contributed by atoms with Crippen LogP contribution in [0.4, 0.5) is 11.4 Å². The van der Waals surface area contributed by atoms with Crippen molar-refractivity contribution in [3.63, 3.8) is 0 Å². The van der Waals surface area contributed by atoms with E-state index in [0.717, 1.165) is 33.8 Å². The molecule has 1 N–H and O–H groups in total. The van der Waals surface area contributed by atoms with E-state index in [1.54, 1.807) is 7.11 Å². The van der Waals surface area contributed by atoms with Gasteiger partial charge in [-0.2, -0.15) is 0 Å². The SMILES string of the molecule is COc1ccc(C(O)(c2ccc(N(C)C)cc2)c2ccc(N(C)C)cc2)cc1. The highest BCUT2D eigenvalue weighted by Crippen LogP contribution is 2.38. The Kier molecular flexibility index (Phi) is 5.61. The first-order valence-electron chi connectivity index (χ1n) is 9.29. The number of rotatable bonds is 6. The van der Waals surface area contributed by atoms with Gasteiger partial charge < -0.3 is 19.6 Å². The fourth-order valence-corrected chi connectivity index (χ4v) is 3.33. The first-order valence-corrected chi connectivity index (χ1v) is 9.29. The van der Waals surface area contributed by atoms with Gasteiger partial charge in [-0.25, -0.2) is 0 Å². The van der Waals surface area contributed by atoms with Crippen LogP contribution in [-0.2, 0) is 5.60 Å². The van der Waals surface area contributed by atoms with E-state index < -0.39 is 5.60 Å². The number of aliphatic hydroxyl groups is 1. The van der Waals surface area contributed by atoms with Gasteiger partial charge in [0, 0.05) is 39.6 Å². The lowest BCUT2D eigenvalue weighted by Gasteiger charge is -2.31. The van der Waals surface area contributed by atoms with Gasteiger partial charge >= 0.3 is 0 Å². The molecule has 0 aromatic heterocycles. The number of hydrogen-bond donors (Lipinski definition) is 1. The second kappa shape index (κ2) is 7.95. The summed E-state index contributed by atoms with van der Waals surface area (Å²) in [5.41, 5.74) is 3.35. The van der Waals surface area contributed by atoms with Gasteiger partial charge in [-0.05, 0) is 53.1 Å². The van der Waals surface area contributed by atoms with Crippen molar-refractivity contribution in [1.82, 2.24) is 0 Å². The molecule has 4 nitrogen and oxygen atoms in total. The quantitative estimate of drug-likeness (QED) is 0.657. The van der Waals surface area contributed by atoms with Crippen LogP contribution in [0.1, 0.15) is 16.7 Å². The van der Waals surface area contributed by atoms with Crippen LogP contribution in [-0.4, -0.2) is 40.4 Å². The highest BCUT2D eigenvalue weighted by Gasteiger charge is 2.34. The molecule has 0 aliphatic carbocycles. The Morgan fingerprint density at radius 2 is 0.929 bits per heavy atom. The molecular weight excluding hydrogens is 348 g/mol. The Balaban J connectivity index is 2.14. The Morgan fingerprint density at radius 3 is 1.21 bits per heavy atom. The molecule has 0 aliphatic rings. The second-order valence-electron chi connectivity index (χ2n) is 7.32. The maximum absolute atomic E-state index is 12.0. The molecule has 3 aromatic carbocycles. The van der Waals surface area contributed by atoms with Crippen molar-refractivity contribution in [2.45, 2.75) is 5.60 Å². The third kappa shape index (κ3) is 3.69. The Hall–Kier alpha value is -2.98. The third-order valence-corrected chi connectivity index (χ3v) is 5.11. The molecule has 0 atom stereocenters. The number of benzene rings is 3. The molecule has 0 bridgehead atoms. The molecule has 0 aliphatic heterocycles. The van der Waals surface area contributed by atoms with Crippen molar-refractivity contribution in [3.8, 4) is 5.75 Å². The van der Waals surface area contributed by atoms with E-state index in [4.69, 9.17) is 4.74 Å². The lowest BCUT2D eigenvalue weighted by molar-refractivity contribution is 0.125. The maximum Gasteiger partial charge on any atom is 0.140 e. The van der Waals surface area contributed by atoms with E-state index in [-0.39, 0.29) is 0 Å². The third-order valence-electron chi connectivity index (χ3n) is 5.11. The van der Waals surface area contributed by atoms with Gasteiger partial charge in [0.1, 0.15) is 11.4 Å². The van der Waals surface area contributed by atoms with Crippen molar-refractivity contribution >= 4 is 11.4 Å². The molecule has 3 aromatic rings. The summed E-state index contributed by atoms with van der Waals surface area (Å²) in [5.74, 6) is 0.761. The highest BCUT2D eigenvalue weighted by molar-refractivity contribution is 5.55. The van der Waals surface area contributed by atoms with E-state index in [1.807, 2.05) is 111 Å². The zero-order valence-corrected chi connectivity index (χ0v) is 17.2. The first kappa shape index (κ1) is 19.8. The summed E-state index contributed by atoms with van der Waals surface area (Å²) in [5, 5.41) is 12.0. The van der Waals surface area contributed by atoms with Crippen LogP contribution in [0.2, 0.25) is 0 Å². The summed E-state index contributed by atoms with van der Waals surface area (Å²) in [6.45, 7) is 0. The van der Waals surface area contributed by atoms with Crippen LogP contribution in [0.15, 0.2) is 72.8 Å². The van der Waals surface area contributed by atoms with Crippen LogP contribution in [0.25, 0.3) is 0 Å². The van der Waals surface area contributed by atoms with Crippen LogP contribution in [0, 0.1) is 0 Å². The smallest absolute Gasteiger partial charge is 0.140 e. The van der Waals surface area contributed by atoms with Gasteiger partial charge in [0.15, 0.2) is 0 Å². The Morgan fingerprint density at radius 1 is 0.607 bits per heavy atom. The van der Waals surface area contributed by atoms with Crippen LogP contribution in [0.3, 0.4) is 0 Å². The summed E-state index contributed by atoms with van der Waals surface area (Å²) < 4.78 is 5.28. The van der Waals surface area contributed by atoms with Gasteiger partial charge in [0.05, 0.1) is 7.11 Å². The summed E-state index contributed by atoms with van der Waals surface area (Å²) in [6, 6.07) is 23.6. The molecule has 28 heavy (non-hydrogen) atoms. The monoisotopic (exact) mass is 376 g/mol. The van der Waals surface area contributed by atoms with Crippen molar-refractivity contribution in [3.05, 3.63) is 89.5 Å². The van der Waals surface area contributed by atoms with Crippen LogP contribution in [0.5, 0.6) is 5.75 Å². The number of methoxy groups -OCH3 is 1. The molecule has 3 rings (SSSR count). The van der Waals surface area contributed by atoms with E-state index in [9.17, 15) is 5.11 Å². The predicted molar refractivity (Wildman–Crippen MR) is 117 cm³/mol. The number of anilines is 2. The van der Waals surface area contributed by atoms with Crippen molar-refractivity contribution in [2.75, 3.05) is 45.1 Å². The zero-order valence-electron chi connectivity index (χ0n) is 17.2. The van der Waals surface area contributed by atoms with Crippen LogP contribution < -0.4 is 14.5 Å². The summed E-state index contributed by atoms with van der Waals surface area (Å²) >= 11 is 0. The van der Waals surface area contributed by atoms with E-state index in [2.05, 4.69) is 0 Å². The molecule has 0 heterocycles. The minimum atomic E-state index is -1.26. The molecule has 146 valence electrons. The van der Waals surface area contributed by atoms with Gasteiger partial charge in [-0.15, -0.1) is 0 Å². The molecule has 0 unspecified atom stereocenters. The maximum atomic E-state index is 12.0. The summed E-state index contributed by atoms with van der Waals surface area (Å²) in [4.78, 5) is 4.09. The van der Waals surface area contributed by atoms with Crippen LogP contribution >= 0.6 is 0 Å². The average molecular weight is 377 g/mol. The highest BCUT2D eigenvalue weighted by atomic mass is 16.5. The first-order chi connectivity index (χ1) is 13.4. The van der Waals surface area contributed by atoms with Crippen molar-refractivity contribution in [2.24, 2.45) is 0 Å². The van der Waals surface area contributed by atoms with Gasteiger partial charge in [0.25, 0.3) is 0 Å². The van der Waals surface area contributed by atoms with E-state index in [1.165, 1.54) is 0 Å². The molecule has 0 saturated carbocycles. The fraction of sp³-hybridized carbons (Fsp3) is 0.250. The Bertz CT molecular complexity index is 847. The van der Waals surface area contributed by atoms with Crippen molar-refractivity contribution in [1.29, 1.82) is 0 Å². The molecule has 0 amide bonds. The number of hydrogen-bond acceptors (Lipinski definition) is 4. The number of nitrogens with zero attached hydrogens (tertiary/aromatic N) is 2. The van der Waals surface area contributed by atoms with E-state index >= 15 is 0 Å². The fourth-order valence-electron chi connectivity index (χ4n) is 3.33. The molecule has 0 radical (unpaired) electrons. The van der Waals surface area contributed by atoms with Gasteiger partial charge in [-0.3, -0.25) is 0 Å². The molecule has 0 fully saturated rings. The molecule has 4 heteroatoms. The average Bonchev–Trinajstić information content (AvgIpc) is 2.73. The lowest BCUT2D eigenvalue weighted by atomic mass is 9.80. The molecule has 0 saturated heterocycles. The minimum absolute atomic E-state index is 0.761. The van der Waals surface area contributed by atoms with Crippen molar-refractivity contribution < 1.29 is 9.84 Å². The topological polar surface area (TPSA) is 35.9 Å². The zero-order chi connectivity index (χ0) is 20.3. The molecule has 0 spiro atoms. The Labute approximate surface area is 167 Å². The van der Waals surface area contributed by atoms with E-state index in [0.29, 0.717) is 0 Å². The predicted octanol–water partition coefficient (Wildman–Crippen LogP) is 4.11. The molecular formula is C24H28N2O2. The van der Waals surface area contributed by atoms with Gasteiger partial charge in [0.2, 0.25) is 0 Å².